The van der Waals surface area contributed by atoms with E-state index in [0.29, 0.717) is 48.8 Å². The third-order valence-corrected chi connectivity index (χ3v) is 8.85. The van der Waals surface area contributed by atoms with Crippen LogP contribution in [0, 0.1) is 41.4 Å². The van der Waals surface area contributed by atoms with Crippen molar-refractivity contribution in [1.82, 2.24) is 4.90 Å². The van der Waals surface area contributed by atoms with E-state index >= 15 is 0 Å². The molecule has 2 bridgehead atoms. The zero-order chi connectivity index (χ0) is 23.6. The predicted molar refractivity (Wildman–Crippen MR) is 121 cm³/mol. The van der Waals surface area contributed by atoms with Crippen molar-refractivity contribution in [1.29, 1.82) is 0 Å². The monoisotopic (exact) mass is 463 g/mol. The molecule has 2 amide bonds. The number of hydrogen-bond acceptors (Lipinski definition) is 6. The standard InChI is InChI=1S/C27H29NO6/c1-33-17-8-4-14(5-9-17)22(29)13-34-27(32)15-2-6-16(7-3-15)28-25(30)23-18-10-11-19(21-12-20(18)21)24(23)26(28)31/h4-5,8-11,15-16,18-21,23-24H,2-3,6-7,12-13H2,1H3/t15?,16?,18-,19-,20-,21+,23+,24+/m0/s1. The summed E-state index contributed by atoms with van der Waals surface area (Å²) in [5, 5.41) is 0. The van der Waals surface area contributed by atoms with Gasteiger partial charge in [0, 0.05) is 11.6 Å². The first kappa shape index (κ1) is 21.6. The Morgan fingerprint density at radius 3 is 2.06 bits per heavy atom. The fourth-order valence-corrected chi connectivity index (χ4v) is 7.02. The average molecular weight is 464 g/mol. The van der Waals surface area contributed by atoms with Gasteiger partial charge in [0.2, 0.25) is 11.8 Å². The molecule has 0 radical (unpaired) electrons. The number of likely N-dealkylation sites (tertiary alicyclic amines) is 1. The number of benzene rings is 1. The number of nitrogens with zero attached hydrogens (tertiary/aromatic N) is 1. The molecule has 7 nitrogen and oxygen atoms in total. The van der Waals surface area contributed by atoms with Gasteiger partial charge in [-0.2, -0.15) is 0 Å². The molecule has 1 aliphatic heterocycles. The summed E-state index contributed by atoms with van der Waals surface area (Å²) >= 11 is 0. The van der Waals surface area contributed by atoms with Crippen LogP contribution in [0.15, 0.2) is 36.4 Å². The van der Waals surface area contributed by atoms with Crippen molar-refractivity contribution in [3.63, 3.8) is 0 Å². The fourth-order valence-electron chi connectivity index (χ4n) is 7.02. The fraction of sp³-hybridized carbons (Fsp3) is 0.556. The van der Waals surface area contributed by atoms with Crippen LogP contribution < -0.4 is 4.74 Å². The number of ether oxygens (including phenoxy) is 2. The van der Waals surface area contributed by atoms with Gasteiger partial charge in [0.15, 0.2) is 12.4 Å². The number of methoxy groups -OCH3 is 1. The van der Waals surface area contributed by atoms with Gasteiger partial charge >= 0.3 is 5.97 Å². The molecule has 1 aromatic rings. The van der Waals surface area contributed by atoms with Crippen LogP contribution in [0.25, 0.3) is 0 Å². The maximum absolute atomic E-state index is 13.3. The third kappa shape index (κ3) is 3.31. The van der Waals surface area contributed by atoms with Crippen molar-refractivity contribution in [3.05, 3.63) is 42.0 Å². The quantitative estimate of drug-likeness (QED) is 0.279. The summed E-state index contributed by atoms with van der Waals surface area (Å²) in [6.45, 7) is -0.296. The van der Waals surface area contributed by atoms with Crippen molar-refractivity contribution in [2.45, 2.75) is 38.1 Å². The summed E-state index contributed by atoms with van der Waals surface area (Å²) in [6.07, 6.45) is 7.87. The molecule has 34 heavy (non-hydrogen) atoms. The first-order valence-electron chi connectivity index (χ1n) is 12.4. The second kappa shape index (κ2) is 8.07. The van der Waals surface area contributed by atoms with Crippen LogP contribution in [0.4, 0.5) is 0 Å². The molecule has 5 aliphatic carbocycles. The molecule has 6 atom stereocenters. The summed E-state index contributed by atoms with van der Waals surface area (Å²) in [6, 6.07) is 6.54. The molecule has 1 saturated heterocycles. The third-order valence-electron chi connectivity index (χ3n) is 8.85. The second-order valence-corrected chi connectivity index (χ2v) is 10.5. The van der Waals surface area contributed by atoms with E-state index in [-0.39, 0.29) is 65.8 Å². The molecular weight excluding hydrogens is 434 g/mol. The van der Waals surface area contributed by atoms with Crippen molar-refractivity contribution < 1.29 is 28.7 Å². The van der Waals surface area contributed by atoms with E-state index < -0.39 is 0 Å². The maximum Gasteiger partial charge on any atom is 0.309 e. The van der Waals surface area contributed by atoms with Crippen LogP contribution in [0.2, 0.25) is 0 Å². The number of imide groups is 1. The average Bonchev–Trinajstić information content (AvgIpc) is 3.65. The molecule has 6 aliphatic rings. The van der Waals surface area contributed by atoms with E-state index in [2.05, 4.69) is 12.2 Å². The van der Waals surface area contributed by atoms with Crippen molar-refractivity contribution >= 4 is 23.6 Å². The Kier molecular flexibility index (Phi) is 5.12. The van der Waals surface area contributed by atoms with Gasteiger partial charge in [-0.15, -0.1) is 0 Å². The number of allylic oxidation sites excluding steroid dienone is 2. The van der Waals surface area contributed by atoms with Crippen LogP contribution in [0.5, 0.6) is 5.75 Å². The number of ketones is 1. The Balaban J connectivity index is 1.03. The van der Waals surface area contributed by atoms with E-state index in [9.17, 15) is 19.2 Å². The SMILES string of the molecule is COc1ccc(C(=O)COC(=O)C2CCC(N3C(=O)[C@@H]4[C@H]5C=C[C@@H]([C@@H]6C[C@H]56)[C@H]4C3=O)CC2)cc1. The number of Topliss-reactive ketones (excluding diaryl/α,β-unsaturated/α-hetero) is 1. The Hall–Kier alpha value is -2.96. The Bertz CT molecular complexity index is 1030. The van der Waals surface area contributed by atoms with Crippen LogP contribution in [-0.2, 0) is 19.1 Å². The molecule has 0 spiro atoms. The number of hydrogen-bond donors (Lipinski definition) is 0. The van der Waals surface area contributed by atoms with Gasteiger partial charge in [-0.05, 0) is 80.0 Å². The highest BCUT2D eigenvalue weighted by Crippen LogP contribution is 2.65. The smallest absolute Gasteiger partial charge is 0.309 e. The Morgan fingerprint density at radius 1 is 0.912 bits per heavy atom. The van der Waals surface area contributed by atoms with Crippen LogP contribution >= 0.6 is 0 Å². The zero-order valence-electron chi connectivity index (χ0n) is 19.2. The van der Waals surface area contributed by atoms with E-state index in [1.54, 1.807) is 36.3 Å². The van der Waals surface area contributed by atoms with Gasteiger partial charge in [-0.1, -0.05) is 12.2 Å². The van der Waals surface area contributed by atoms with E-state index in [1.807, 2.05) is 0 Å². The minimum Gasteiger partial charge on any atom is -0.497 e. The van der Waals surface area contributed by atoms with E-state index in [1.165, 1.54) is 0 Å². The summed E-state index contributed by atoms with van der Waals surface area (Å²) in [5.74, 6) is 1.05. The zero-order valence-corrected chi connectivity index (χ0v) is 19.2. The molecule has 7 heteroatoms. The van der Waals surface area contributed by atoms with E-state index in [4.69, 9.17) is 9.47 Å². The molecule has 0 N–H and O–H groups in total. The lowest BCUT2D eigenvalue weighted by molar-refractivity contribution is -0.149. The first-order valence-corrected chi connectivity index (χ1v) is 12.4. The summed E-state index contributed by atoms with van der Waals surface area (Å²) in [7, 11) is 1.55. The molecule has 3 saturated carbocycles. The molecule has 1 heterocycles. The highest BCUT2D eigenvalue weighted by molar-refractivity contribution is 6.06. The lowest BCUT2D eigenvalue weighted by Gasteiger charge is -2.37. The minimum absolute atomic E-state index is 0.0100. The normalized spacial score (nSPS) is 37.3. The molecule has 7 rings (SSSR count). The maximum atomic E-state index is 13.3. The number of carbonyl (C=O) groups excluding carboxylic acids is 4. The lowest BCUT2D eigenvalue weighted by atomic mass is 9.63. The number of esters is 1. The van der Waals surface area contributed by atoms with Gasteiger partial charge < -0.3 is 9.47 Å². The predicted octanol–water partition coefficient (Wildman–Crippen LogP) is 3.03. The van der Waals surface area contributed by atoms with Crippen LogP contribution in [-0.4, -0.2) is 48.2 Å². The molecule has 0 aromatic heterocycles. The summed E-state index contributed by atoms with van der Waals surface area (Å²) < 4.78 is 10.4. The highest BCUT2D eigenvalue weighted by Gasteiger charge is 2.67. The lowest BCUT2D eigenvalue weighted by Crippen LogP contribution is -2.44. The molecule has 178 valence electrons. The van der Waals surface area contributed by atoms with Crippen LogP contribution in [0.1, 0.15) is 42.5 Å². The largest absolute Gasteiger partial charge is 0.497 e. The summed E-state index contributed by atoms with van der Waals surface area (Å²) in [4.78, 5) is 53.1. The number of rotatable bonds is 6. The van der Waals surface area contributed by atoms with Gasteiger partial charge in [0.25, 0.3) is 0 Å². The summed E-state index contributed by atoms with van der Waals surface area (Å²) in [5.41, 5.74) is 0.464. The first-order chi connectivity index (χ1) is 16.5. The second-order valence-electron chi connectivity index (χ2n) is 10.5. The van der Waals surface area contributed by atoms with Gasteiger partial charge in [0.05, 0.1) is 24.9 Å². The molecule has 4 fully saturated rings. The molecule has 1 aromatic carbocycles. The van der Waals surface area contributed by atoms with Gasteiger partial charge in [-0.25, -0.2) is 0 Å². The van der Waals surface area contributed by atoms with Crippen molar-refractivity contribution in [2.24, 2.45) is 41.4 Å². The topological polar surface area (TPSA) is 90.0 Å². The number of amides is 2. The molecular formula is C27H29NO6. The Labute approximate surface area is 198 Å². The van der Waals surface area contributed by atoms with Crippen molar-refractivity contribution in [2.75, 3.05) is 13.7 Å². The Morgan fingerprint density at radius 2 is 1.50 bits per heavy atom. The molecule has 0 unspecified atom stereocenters. The van der Waals surface area contributed by atoms with E-state index in [0.717, 1.165) is 6.42 Å². The van der Waals surface area contributed by atoms with Gasteiger partial charge in [0.1, 0.15) is 5.75 Å². The van der Waals surface area contributed by atoms with Crippen LogP contribution in [0.3, 0.4) is 0 Å². The minimum atomic E-state index is -0.379. The van der Waals surface area contributed by atoms with Gasteiger partial charge in [-0.3, -0.25) is 24.1 Å². The highest BCUT2D eigenvalue weighted by atomic mass is 16.5. The van der Waals surface area contributed by atoms with Crippen molar-refractivity contribution in [3.8, 4) is 5.75 Å². The number of carbonyl (C=O) groups is 4.